The highest BCUT2D eigenvalue weighted by Gasteiger charge is 2.40. The van der Waals surface area contributed by atoms with E-state index in [1.807, 2.05) is 29.2 Å². The molecular weight excluding hydrogens is 346 g/mol. The van der Waals surface area contributed by atoms with Crippen molar-refractivity contribution in [2.24, 2.45) is 11.8 Å². The molecule has 0 aliphatic carbocycles. The Morgan fingerprint density at radius 1 is 1.30 bits per heavy atom. The van der Waals surface area contributed by atoms with Gasteiger partial charge in [-0.3, -0.25) is 9.59 Å². The maximum Gasteiger partial charge on any atom is 0.309 e. The molecule has 27 heavy (non-hydrogen) atoms. The van der Waals surface area contributed by atoms with Crippen LogP contribution < -0.4 is 4.74 Å². The van der Waals surface area contributed by atoms with Gasteiger partial charge in [0.1, 0.15) is 5.75 Å². The molecule has 3 atom stereocenters. The first-order valence-corrected chi connectivity index (χ1v) is 9.75. The number of rotatable bonds is 6. The molecule has 1 aromatic rings. The number of ether oxygens (including phenoxy) is 2. The van der Waals surface area contributed by atoms with E-state index in [-0.39, 0.29) is 23.8 Å². The number of likely N-dealkylation sites (tertiary alicyclic amines) is 1. The molecule has 6 nitrogen and oxygen atoms in total. The Morgan fingerprint density at radius 2 is 2.04 bits per heavy atom. The SMILES string of the molecule is COc1cccc(C(C)CC(=O)N2CCC([C@@H]3OCCC3C(=O)O)CC2)c1. The summed E-state index contributed by atoms with van der Waals surface area (Å²) in [6, 6.07) is 7.85. The number of piperidine rings is 1. The van der Waals surface area contributed by atoms with Gasteiger partial charge in [-0.2, -0.15) is 0 Å². The molecule has 2 fully saturated rings. The van der Waals surface area contributed by atoms with Crippen molar-refractivity contribution >= 4 is 11.9 Å². The fraction of sp³-hybridized carbons (Fsp3) is 0.619. The third-order valence-corrected chi connectivity index (χ3v) is 5.95. The van der Waals surface area contributed by atoms with Crippen molar-refractivity contribution in [1.29, 1.82) is 0 Å². The Morgan fingerprint density at radius 3 is 2.70 bits per heavy atom. The molecule has 1 N–H and O–H groups in total. The van der Waals surface area contributed by atoms with Gasteiger partial charge in [0.05, 0.1) is 19.1 Å². The largest absolute Gasteiger partial charge is 0.497 e. The number of aliphatic carboxylic acids is 1. The Labute approximate surface area is 160 Å². The zero-order valence-corrected chi connectivity index (χ0v) is 16.1. The fourth-order valence-electron chi connectivity index (χ4n) is 4.27. The number of amides is 1. The molecule has 148 valence electrons. The van der Waals surface area contributed by atoms with Crippen LogP contribution in [0, 0.1) is 11.8 Å². The summed E-state index contributed by atoms with van der Waals surface area (Å²) in [7, 11) is 1.64. The minimum Gasteiger partial charge on any atom is -0.497 e. The normalized spacial score (nSPS) is 24.6. The van der Waals surface area contributed by atoms with E-state index in [1.165, 1.54) is 0 Å². The quantitative estimate of drug-likeness (QED) is 0.827. The predicted octanol–water partition coefficient (Wildman–Crippen LogP) is 2.92. The molecule has 0 bridgehead atoms. The molecule has 3 rings (SSSR count). The summed E-state index contributed by atoms with van der Waals surface area (Å²) in [5.74, 6) is 0.157. The second kappa shape index (κ2) is 8.74. The third kappa shape index (κ3) is 4.61. The number of hydrogen-bond donors (Lipinski definition) is 1. The van der Waals surface area contributed by atoms with Crippen molar-refractivity contribution < 1.29 is 24.2 Å². The van der Waals surface area contributed by atoms with Gasteiger partial charge in [-0.1, -0.05) is 19.1 Å². The molecule has 6 heteroatoms. The van der Waals surface area contributed by atoms with Gasteiger partial charge in [0.2, 0.25) is 5.91 Å². The number of nitrogens with zero attached hydrogens (tertiary/aromatic N) is 1. The van der Waals surface area contributed by atoms with E-state index < -0.39 is 11.9 Å². The molecule has 0 saturated carbocycles. The Hall–Kier alpha value is -2.08. The second-order valence-electron chi connectivity index (χ2n) is 7.67. The zero-order valence-electron chi connectivity index (χ0n) is 16.1. The van der Waals surface area contributed by atoms with Crippen LogP contribution in [0.15, 0.2) is 24.3 Å². The van der Waals surface area contributed by atoms with Crippen LogP contribution in [0.4, 0.5) is 0 Å². The third-order valence-electron chi connectivity index (χ3n) is 5.95. The van der Waals surface area contributed by atoms with E-state index in [1.54, 1.807) is 7.11 Å². The van der Waals surface area contributed by atoms with Crippen LogP contribution in [0.2, 0.25) is 0 Å². The van der Waals surface area contributed by atoms with E-state index in [9.17, 15) is 14.7 Å². The molecule has 2 unspecified atom stereocenters. The maximum absolute atomic E-state index is 12.7. The number of benzene rings is 1. The number of hydrogen-bond acceptors (Lipinski definition) is 4. The Balaban J connectivity index is 1.51. The molecule has 0 spiro atoms. The number of carbonyl (C=O) groups excluding carboxylic acids is 1. The van der Waals surface area contributed by atoms with E-state index in [2.05, 4.69) is 6.92 Å². The Kier molecular flexibility index (Phi) is 6.37. The first kappa shape index (κ1) is 19.7. The minimum atomic E-state index is -0.761. The van der Waals surface area contributed by atoms with E-state index in [0.29, 0.717) is 32.5 Å². The van der Waals surface area contributed by atoms with Gasteiger partial charge in [0, 0.05) is 26.1 Å². The predicted molar refractivity (Wildman–Crippen MR) is 101 cm³/mol. The van der Waals surface area contributed by atoms with Gasteiger partial charge < -0.3 is 19.5 Å². The first-order valence-electron chi connectivity index (χ1n) is 9.75. The van der Waals surface area contributed by atoms with Crippen molar-refractivity contribution in [3.63, 3.8) is 0 Å². The van der Waals surface area contributed by atoms with Gasteiger partial charge in [-0.05, 0) is 48.8 Å². The van der Waals surface area contributed by atoms with Crippen LogP contribution >= 0.6 is 0 Å². The van der Waals surface area contributed by atoms with Gasteiger partial charge in [-0.25, -0.2) is 0 Å². The standard InChI is InChI=1S/C21H29NO5/c1-14(16-4-3-5-17(13-16)26-2)12-19(23)22-9-6-15(7-10-22)20-18(21(24)25)8-11-27-20/h3-5,13-15,18,20H,6-12H2,1-2H3,(H,24,25)/t14?,18?,20-/m0/s1. The van der Waals surface area contributed by atoms with Crippen molar-refractivity contribution in [2.75, 3.05) is 26.8 Å². The van der Waals surface area contributed by atoms with Crippen LogP contribution in [-0.4, -0.2) is 54.8 Å². The highest BCUT2D eigenvalue weighted by Crippen LogP contribution is 2.34. The zero-order chi connectivity index (χ0) is 19.4. The van der Waals surface area contributed by atoms with Crippen molar-refractivity contribution in [3.8, 4) is 5.75 Å². The number of methoxy groups -OCH3 is 1. The van der Waals surface area contributed by atoms with Crippen molar-refractivity contribution in [2.45, 2.75) is 44.6 Å². The molecule has 2 saturated heterocycles. The van der Waals surface area contributed by atoms with Gasteiger partial charge >= 0.3 is 5.97 Å². The van der Waals surface area contributed by atoms with E-state index >= 15 is 0 Å². The van der Waals surface area contributed by atoms with Crippen LogP contribution in [-0.2, 0) is 14.3 Å². The van der Waals surface area contributed by atoms with E-state index in [0.717, 1.165) is 24.2 Å². The molecule has 0 aromatic heterocycles. The molecule has 1 aromatic carbocycles. The molecule has 2 aliphatic heterocycles. The maximum atomic E-state index is 12.7. The molecular formula is C21H29NO5. The van der Waals surface area contributed by atoms with Gasteiger partial charge in [0.25, 0.3) is 0 Å². The highest BCUT2D eigenvalue weighted by atomic mass is 16.5. The average Bonchev–Trinajstić information content (AvgIpc) is 3.18. The topological polar surface area (TPSA) is 76.1 Å². The first-order chi connectivity index (χ1) is 13.0. The summed E-state index contributed by atoms with van der Waals surface area (Å²) < 4.78 is 11.0. The summed E-state index contributed by atoms with van der Waals surface area (Å²) in [4.78, 5) is 26.0. The summed E-state index contributed by atoms with van der Waals surface area (Å²) in [5, 5.41) is 9.35. The summed E-state index contributed by atoms with van der Waals surface area (Å²) in [5.41, 5.74) is 1.10. The van der Waals surface area contributed by atoms with Crippen LogP contribution in [0.5, 0.6) is 5.75 Å². The van der Waals surface area contributed by atoms with Gasteiger partial charge in [0.15, 0.2) is 0 Å². The lowest BCUT2D eigenvalue weighted by Gasteiger charge is -2.36. The minimum absolute atomic E-state index is 0.125. The second-order valence-corrected chi connectivity index (χ2v) is 7.67. The van der Waals surface area contributed by atoms with Crippen molar-refractivity contribution in [3.05, 3.63) is 29.8 Å². The lowest BCUT2D eigenvalue weighted by molar-refractivity contribution is -0.146. The molecule has 2 heterocycles. The number of carbonyl (C=O) groups is 2. The van der Waals surface area contributed by atoms with Gasteiger partial charge in [-0.15, -0.1) is 0 Å². The lowest BCUT2D eigenvalue weighted by atomic mass is 9.84. The van der Waals surface area contributed by atoms with Crippen molar-refractivity contribution in [1.82, 2.24) is 4.90 Å². The van der Waals surface area contributed by atoms with Crippen LogP contribution in [0.25, 0.3) is 0 Å². The van der Waals surface area contributed by atoms with Crippen LogP contribution in [0.1, 0.15) is 44.1 Å². The molecule has 2 aliphatic rings. The highest BCUT2D eigenvalue weighted by molar-refractivity contribution is 5.77. The summed E-state index contributed by atoms with van der Waals surface area (Å²) >= 11 is 0. The van der Waals surface area contributed by atoms with E-state index in [4.69, 9.17) is 9.47 Å². The summed E-state index contributed by atoms with van der Waals surface area (Å²) in [6.45, 7) is 3.95. The number of carboxylic acids is 1. The summed E-state index contributed by atoms with van der Waals surface area (Å²) in [6.07, 6.45) is 2.49. The van der Waals surface area contributed by atoms with Crippen LogP contribution in [0.3, 0.4) is 0 Å². The molecule has 0 radical (unpaired) electrons. The molecule has 1 amide bonds. The monoisotopic (exact) mass is 375 g/mol. The Bertz CT molecular complexity index is 668. The number of carboxylic acid groups (broad SMARTS) is 1. The lowest BCUT2D eigenvalue weighted by Crippen LogP contribution is -2.43. The smallest absolute Gasteiger partial charge is 0.309 e. The average molecular weight is 375 g/mol. The fourth-order valence-corrected chi connectivity index (χ4v) is 4.27.